The molecule has 0 saturated heterocycles. The van der Waals surface area contributed by atoms with E-state index in [4.69, 9.17) is 4.74 Å². The zero-order valence-electron chi connectivity index (χ0n) is 24.2. The van der Waals surface area contributed by atoms with Crippen molar-refractivity contribution in [2.24, 2.45) is 0 Å². The van der Waals surface area contributed by atoms with Crippen molar-refractivity contribution in [1.29, 1.82) is 0 Å². The molecule has 0 aliphatic carbocycles. The molecule has 0 bridgehead atoms. The molecule has 0 spiro atoms. The van der Waals surface area contributed by atoms with Crippen molar-refractivity contribution in [2.45, 2.75) is 180 Å². The summed E-state index contributed by atoms with van der Waals surface area (Å²) in [5.41, 5.74) is 0. The van der Waals surface area contributed by atoms with Gasteiger partial charge in [-0.05, 0) is 12.8 Å². The van der Waals surface area contributed by atoms with E-state index in [9.17, 15) is 4.79 Å². The molecule has 3 nitrogen and oxygen atoms in total. The Morgan fingerprint density at radius 2 is 0.600 bits per heavy atom. The highest BCUT2D eigenvalue weighted by atomic mass is 16.5. The predicted molar refractivity (Wildman–Crippen MR) is 153 cm³/mol. The van der Waals surface area contributed by atoms with Gasteiger partial charge < -0.3 is 9.47 Å². The van der Waals surface area contributed by atoms with Crippen LogP contribution >= 0.6 is 0 Å². The number of ether oxygens (including phenoxy) is 2. The average Bonchev–Trinajstić information content (AvgIpc) is 2.87. The lowest BCUT2D eigenvalue weighted by molar-refractivity contribution is -0.140. The van der Waals surface area contributed by atoms with Crippen LogP contribution in [0.1, 0.15) is 180 Å². The summed E-state index contributed by atoms with van der Waals surface area (Å²) < 4.78 is 9.77. The standard InChI is InChI=1S/C32H64O3/c1-34-31-29-27-25-23-21-19-17-15-13-11-9-7-5-3-4-6-8-10-12-14-16-18-20-22-24-26-28-30-32(33)35-2/h3-31H2,1-2H3. The number of methoxy groups -OCH3 is 2. The van der Waals surface area contributed by atoms with E-state index in [1.165, 1.54) is 174 Å². The minimum atomic E-state index is -0.0622. The highest BCUT2D eigenvalue weighted by Gasteiger charge is 1.99. The molecule has 0 aromatic rings. The normalized spacial score (nSPS) is 11.3. The smallest absolute Gasteiger partial charge is 0.305 e. The van der Waals surface area contributed by atoms with Crippen molar-refractivity contribution in [3.8, 4) is 0 Å². The number of carbonyl (C=O) groups is 1. The minimum absolute atomic E-state index is 0.0622. The second kappa shape index (κ2) is 31.5. The molecule has 0 radical (unpaired) electrons. The lowest BCUT2D eigenvalue weighted by Gasteiger charge is -2.04. The van der Waals surface area contributed by atoms with Gasteiger partial charge >= 0.3 is 5.97 Å². The Bertz CT molecular complexity index is 396. The molecule has 0 fully saturated rings. The number of hydrogen-bond donors (Lipinski definition) is 0. The zero-order valence-corrected chi connectivity index (χ0v) is 24.2. The largest absolute Gasteiger partial charge is 0.469 e. The van der Waals surface area contributed by atoms with Crippen molar-refractivity contribution in [3.63, 3.8) is 0 Å². The van der Waals surface area contributed by atoms with Crippen LogP contribution in [0.3, 0.4) is 0 Å². The molecule has 0 heterocycles. The summed E-state index contributed by atoms with van der Waals surface area (Å²) in [4.78, 5) is 11.0. The van der Waals surface area contributed by atoms with E-state index >= 15 is 0 Å². The van der Waals surface area contributed by atoms with E-state index < -0.39 is 0 Å². The second-order valence-electron chi connectivity index (χ2n) is 10.9. The highest BCUT2D eigenvalue weighted by molar-refractivity contribution is 5.68. The third-order valence-electron chi connectivity index (χ3n) is 7.46. The van der Waals surface area contributed by atoms with Gasteiger partial charge in [0.05, 0.1) is 7.11 Å². The van der Waals surface area contributed by atoms with E-state index in [2.05, 4.69) is 4.74 Å². The number of carbonyl (C=O) groups excluding carboxylic acids is 1. The first kappa shape index (κ1) is 34.4. The van der Waals surface area contributed by atoms with Crippen LogP contribution in [-0.2, 0) is 14.3 Å². The van der Waals surface area contributed by atoms with Crippen molar-refractivity contribution in [2.75, 3.05) is 20.8 Å². The fraction of sp³-hybridized carbons (Fsp3) is 0.969. The number of unbranched alkanes of at least 4 members (excludes halogenated alkanes) is 26. The molecule has 0 saturated carbocycles. The van der Waals surface area contributed by atoms with Gasteiger partial charge in [0.25, 0.3) is 0 Å². The van der Waals surface area contributed by atoms with Crippen LogP contribution in [0.25, 0.3) is 0 Å². The van der Waals surface area contributed by atoms with Crippen molar-refractivity contribution < 1.29 is 14.3 Å². The Hall–Kier alpha value is -0.570. The molecule has 0 atom stereocenters. The lowest BCUT2D eigenvalue weighted by Crippen LogP contribution is -1.99. The summed E-state index contributed by atoms with van der Waals surface area (Å²) in [7, 11) is 3.28. The molecule has 3 heteroatoms. The summed E-state index contributed by atoms with van der Waals surface area (Å²) in [5, 5.41) is 0. The maximum Gasteiger partial charge on any atom is 0.305 e. The molecular formula is C32H64O3. The van der Waals surface area contributed by atoms with E-state index in [1.54, 1.807) is 7.11 Å². The fourth-order valence-corrected chi connectivity index (χ4v) is 5.04. The van der Waals surface area contributed by atoms with E-state index in [0.29, 0.717) is 6.42 Å². The van der Waals surface area contributed by atoms with Gasteiger partial charge in [-0.3, -0.25) is 4.79 Å². The van der Waals surface area contributed by atoms with Crippen LogP contribution in [0.4, 0.5) is 0 Å². The SMILES string of the molecule is COCCCCCCCCCCCCCCCCCCCCCCCCCCCCCC(=O)OC. The molecule has 0 rings (SSSR count). The van der Waals surface area contributed by atoms with Gasteiger partial charge in [0.2, 0.25) is 0 Å². The van der Waals surface area contributed by atoms with Crippen molar-refractivity contribution >= 4 is 5.97 Å². The van der Waals surface area contributed by atoms with Crippen LogP contribution < -0.4 is 0 Å². The molecule has 0 amide bonds. The molecule has 0 aromatic carbocycles. The lowest BCUT2D eigenvalue weighted by atomic mass is 10.0. The van der Waals surface area contributed by atoms with Crippen LogP contribution in [0, 0.1) is 0 Å². The summed E-state index contributed by atoms with van der Waals surface area (Å²) in [5.74, 6) is -0.0622. The molecular weight excluding hydrogens is 432 g/mol. The predicted octanol–water partition coefficient (Wildman–Crippen LogP) is 10.7. The van der Waals surface area contributed by atoms with Crippen LogP contribution in [0.5, 0.6) is 0 Å². The molecule has 0 aliphatic rings. The Balaban J connectivity index is 3.02. The maximum atomic E-state index is 11.0. The molecule has 0 aliphatic heterocycles. The second-order valence-corrected chi connectivity index (χ2v) is 10.9. The Morgan fingerprint density at radius 1 is 0.371 bits per heavy atom. The van der Waals surface area contributed by atoms with E-state index in [1.807, 2.05) is 0 Å². The number of esters is 1. The van der Waals surface area contributed by atoms with Crippen LogP contribution in [0.2, 0.25) is 0 Å². The van der Waals surface area contributed by atoms with Gasteiger partial charge in [0, 0.05) is 20.1 Å². The minimum Gasteiger partial charge on any atom is -0.469 e. The first-order valence-corrected chi connectivity index (χ1v) is 15.9. The molecule has 35 heavy (non-hydrogen) atoms. The zero-order chi connectivity index (χ0) is 25.5. The quantitative estimate of drug-likeness (QED) is 0.0732. The van der Waals surface area contributed by atoms with E-state index in [-0.39, 0.29) is 5.97 Å². The third kappa shape index (κ3) is 31.4. The number of rotatable bonds is 30. The molecule has 210 valence electrons. The monoisotopic (exact) mass is 496 g/mol. The summed E-state index contributed by atoms with van der Waals surface area (Å²) in [6.07, 6.45) is 38.2. The van der Waals surface area contributed by atoms with Gasteiger partial charge in [-0.1, -0.05) is 161 Å². The topological polar surface area (TPSA) is 35.5 Å². The van der Waals surface area contributed by atoms with E-state index in [0.717, 1.165) is 13.0 Å². The first-order chi connectivity index (χ1) is 17.3. The average molecular weight is 497 g/mol. The summed E-state index contributed by atoms with van der Waals surface area (Å²) in [6, 6.07) is 0. The molecule has 0 unspecified atom stereocenters. The van der Waals surface area contributed by atoms with Crippen molar-refractivity contribution in [3.05, 3.63) is 0 Å². The first-order valence-electron chi connectivity index (χ1n) is 15.9. The van der Waals surface area contributed by atoms with Gasteiger partial charge in [-0.2, -0.15) is 0 Å². The van der Waals surface area contributed by atoms with Gasteiger partial charge in [-0.15, -0.1) is 0 Å². The molecule has 0 N–H and O–H groups in total. The highest BCUT2D eigenvalue weighted by Crippen LogP contribution is 2.16. The van der Waals surface area contributed by atoms with Crippen molar-refractivity contribution in [1.82, 2.24) is 0 Å². The van der Waals surface area contributed by atoms with Crippen LogP contribution in [-0.4, -0.2) is 26.8 Å². The number of hydrogen-bond acceptors (Lipinski definition) is 3. The Labute approximate surface area is 220 Å². The Morgan fingerprint density at radius 3 is 0.829 bits per heavy atom. The summed E-state index contributed by atoms with van der Waals surface area (Å²) >= 11 is 0. The van der Waals surface area contributed by atoms with Gasteiger partial charge in [0.1, 0.15) is 0 Å². The third-order valence-corrected chi connectivity index (χ3v) is 7.46. The van der Waals surface area contributed by atoms with Gasteiger partial charge in [-0.25, -0.2) is 0 Å². The van der Waals surface area contributed by atoms with Gasteiger partial charge in [0.15, 0.2) is 0 Å². The molecule has 0 aromatic heterocycles. The maximum absolute atomic E-state index is 11.0. The Kier molecular flexibility index (Phi) is 30.9. The van der Waals surface area contributed by atoms with Crippen LogP contribution in [0.15, 0.2) is 0 Å². The summed E-state index contributed by atoms with van der Waals surface area (Å²) in [6.45, 7) is 0.936. The fourth-order valence-electron chi connectivity index (χ4n) is 5.04.